The fourth-order valence-corrected chi connectivity index (χ4v) is 1.93. The lowest BCUT2D eigenvalue weighted by Gasteiger charge is -1.91. The van der Waals surface area contributed by atoms with E-state index in [0.29, 0.717) is 5.78 Å². The smallest absolute Gasteiger partial charge is 0.169 e. The minimum Gasteiger partial charge on any atom is -0.294 e. The molecule has 0 amide bonds. The van der Waals surface area contributed by atoms with Gasteiger partial charge in [-0.25, -0.2) is 0 Å². The summed E-state index contributed by atoms with van der Waals surface area (Å²) in [5.74, 6) is 0.340. The zero-order valence-electron chi connectivity index (χ0n) is 5.41. The van der Waals surface area contributed by atoms with Crippen LogP contribution in [0.4, 0.5) is 0 Å². The Morgan fingerprint density at radius 3 is 2.44 bits per heavy atom. The van der Waals surface area contributed by atoms with Crippen LogP contribution in [0.1, 0.15) is 26.2 Å². The lowest BCUT2D eigenvalue weighted by Crippen LogP contribution is -1.86. The van der Waals surface area contributed by atoms with Crippen molar-refractivity contribution in [3.8, 4) is 0 Å². The van der Waals surface area contributed by atoms with Gasteiger partial charge < -0.3 is 0 Å². The SMILES string of the molecule is CCC1=C(I)C(=O)CC1. The number of rotatable bonds is 1. The molecule has 0 aliphatic heterocycles. The van der Waals surface area contributed by atoms with Gasteiger partial charge in [0.2, 0.25) is 0 Å². The van der Waals surface area contributed by atoms with E-state index in [2.05, 4.69) is 29.5 Å². The average Bonchev–Trinajstić information content (AvgIpc) is 2.15. The van der Waals surface area contributed by atoms with Gasteiger partial charge in [-0.3, -0.25) is 4.79 Å². The molecule has 0 aromatic carbocycles. The standard InChI is InChI=1S/C7H9IO/c1-2-5-3-4-6(9)7(5)8/h2-4H2,1H3. The molecule has 0 aromatic heterocycles. The number of carbonyl (C=O) groups is 1. The maximum absolute atomic E-state index is 10.9. The fraction of sp³-hybridized carbons (Fsp3) is 0.571. The molecule has 0 unspecified atom stereocenters. The largest absolute Gasteiger partial charge is 0.294 e. The lowest BCUT2D eigenvalue weighted by molar-refractivity contribution is -0.114. The summed E-state index contributed by atoms with van der Waals surface area (Å²) in [6.45, 7) is 2.10. The number of halogens is 1. The molecule has 0 spiro atoms. The second-order valence-electron chi connectivity index (χ2n) is 2.19. The lowest BCUT2D eigenvalue weighted by atomic mass is 10.2. The number of hydrogen-bond donors (Lipinski definition) is 0. The van der Waals surface area contributed by atoms with Crippen molar-refractivity contribution in [2.45, 2.75) is 26.2 Å². The van der Waals surface area contributed by atoms with Crippen LogP contribution in [-0.2, 0) is 4.79 Å². The van der Waals surface area contributed by atoms with Crippen molar-refractivity contribution in [3.05, 3.63) is 9.15 Å². The highest BCUT2D eigenvalue weighted by molar-refractivity contribution is 14.1. The van der Waals surface area contributed by atoms with Gasteiger partial charge in [0.15, 0.2) is 5.78 Å². The number of Topliss-reactive ketones (excluding diaryl/α,β-unsaturated/α-hetero) is 1. The Labute approximate surface area is 68.7 Å². The zero-order valence-corrected chi connectivity index (χ0v) is 7.57. The normalized spacial score (nSPS) is 19.6. The molecule has 0 fully saturated rings. The third-order valence-electron chi connectivity index (χ3n) is 1.64. The first kappa shape index (κ1) is 7.25. The van der Waals surface area contributed by atoms with Crippen molar-refractivity contribution in [2.24, 2.45) is 0 Å². The molecule has 0 radical (unpaired) electrons. The van der Waals surface area contributed by atoms with Crippen LogP contribution in [0.2, 0.25) is 0 Å². The highest BCUT2D eigenvalue weighted by Crippen LogP contribution is 2.29. The Hall–Kier alpha value is 0.140. The number of hydrogen-bond acceptors (Lipinski definition) is 1. The topological polar surface area (TPSA) is 17.1 Å². The van der Waals surface area contributed by atoms with Gasteiger partial charge in [0.1, 0.15) is 0 Å². The Morgan fingerprint density at radius 2 is 2.22 bits per heavy atom. The van der Waals surface area contributed by atoms with Crippen LogP contribution in [0.15, 0.2) is 9.15 Å². The van der Waals surface area contributed by atoms with Gasteiger partial charge in [-0.15, -0.1) is 0 Å². The fourth-order valence-electron chi connectivity index (χ4n) is 1.01. The van der Waals surface area contributed by atoms with E-state index < -0.39 is 0 Å². The molecule has 50 valence electrons. The van der Waals surface area contributed by atoms with E-state index >= 15 is 0 Å². The van der Waals surface area contributed by atoms with Gasteiger partial charge in [0.25, 0.3) is 0 Å². The average molecular weight is 236 g/mol. The molecule has 1 rings (SSSR count). The Morgan fingerprint density at radius 1 is 1.56 bits per heavy atom. The molecule has 2 heteroatoms. The first-order valence-electron chi connectivity index (χ1n) is 3.16. The molecule has 0 heterocycles. The van der Waals surface area contributed by atoms with E-state index in [0.717, 1.165) is 22.8 Å². The summed E-state index contributed by atoms with van der Waals surface area (Å²) in [5.41, 5.74) is 1.35. The highest BCUT2D eigenvalue weighted by Gasteiger charge is 2.18. The molecule has 1 aliphatic rings. The highest BCUT2D eigenvalue weighted by atomic mass is 127. The van der Waals surface area contributed by atoms with Crippen LogP contribution in [-0.4, -0.2) is 5.78 Å². The van der Waals surface area contributed by atoms with Gasteiger partial charge in [-0.05, 0) is 35.4 Å². The summed E-state index contributed by atoms with van der Waals surface area (Å²) < 4.78 is 0.995. The maximum atomic E-state index is 10.9. The van der Waals surface area contributed by atoms with Crippen molar-refractivity contribution < 1.29 is 4.79 Å². The third kappa shape index (κ3) is 1.34. The Bertz CT molecular complexity index is 170. The van der Waals surface area contributed by atoms with Gasteiger partial charge in [-0.1, -0.05) is 12.5 Å². The maximum Gasteiger partial charge on any atom is 0.169 e. The predicted octanol–water partition coefficient (Wildman–Crippen LogP) is 2.45. The minimum atomic E-state index is 0.340. The molecule has 1 aliphatic carbocycles. The monoisotopic (exact) mass is 236 g/mol. The van der Waals surface area contributed by atoms with Gasteiger partial charge in [0, 0.05) is 6.42 Å². The molecule has 0 aromatic rings. The first-order chi connectivity index (χ1) is 4.25. The van der Waals surface area contributed by atoms with Gasteiger partial charge >= 0.3 is 0 Å². The van der Waals surface area contributed by atoms with Crippen molar-refractivity contribution in [1.29, 1.82) is 0 Å². The van der Waals surface area contributed by atoms with Crippen LogP contribution in [0.3, 0.4) is 0 Å². The first-order valence-corrected chi connectivity index (χ1v) is 4.24. The summed E-state index contributed by atoms with van der Waals surface area (Å²) in [4.78, 5) is 10.9. The second-order valence-corrected chi connectivity index (χ2v) is 3.27. The quantitative estimate of drug-likeness (QED) is 0.639. The van der Waals surface area contributed by atoms with Crippen molar-refractivity contribution >= 4 is 28.4 Å². The molecule has 0 saturated heterocycles. The second kappa shape index (κ2) is 2.82. The number of allylic oxidation sites excluding steroid dienone is 2. The molecule has 0 N–H and O–H groups in total. The Kier molecular flexibility index (Phi) is 2.27. The number of ketones is 1. The Balaban J connectivity index is 2.79. The van der Waals surface area contributed by atoms with Gasteiger partial charge in [0.05, 0.1) is 3.58 Å². The van der Waals surface area contributed by atoms with E-state index in [1.807, 2.05) is 0 Å². The zero-order chi connectivity index (χ0) is 6.85. The van der Waals surface area contributed by atoms with E-state index in [-0.39, 0.29) is 0 Å². The minimum absolute atomic E-state index is 0.340. The predicted molar refractivity (Wildman–Crippen MR) is 45.6 cm³/mol. The van der Waals surface area contributed by atoms with Crippen LogP contribution < -0.4 is 0 Å². The summed E-state index contributed by atoms with van der Waals surface area (Å²) in [5, 5.41) is 0. The van der Waals surface area contributed by atoms with Crippen LogP contribution in [0, 0.1) is 0 Å². The number of carbonyl (C=O) groups excluding carboxylic acids is 1. The molecule has 0 bridgehead atoms. The van der Waals surface area contributed by atoms with E-state index in [4.69, 9.17) is 0 Å². The van der Waals surface area contributed by atoms with E-state index in [1.165, 1.54) is 5.57 Å². The van der Waals surface area contributed by atoms with Crippen molar-refractivity contribution in [3.63, 3.8) is 0 Å². The summed E-state index contributed by atoms with van der Waals surface area (Å²) in [7, 11) is 0. The molecule has 9 heavy (non-hydrogen) atoms. The summed E-state index contributed by atoms with van der Waals surface area (Å²) in [6.07, 6.45) is 2.80. The third-order valence-corrected chi connectivity index (χ3v) is 3.00. The van der Waals surface area contributed by atoms with Crippen LogP contribution in [0.25, 0.3) is 0 Å². The van der Waals surface area contributed by atoms with E-state index in [1.54, 1.807) is 0 Å². The van der Waals surface area contributed by atoms with Gasteiger partial charge in [-0.2, -0.15) is 0 Å². The molecule has 0 saturated carbocycles. The van der Waals surface area contributed by atoms with Crippen molar-refractivity contribution in [1.82, 2.24) is 0 Å². The van der Waals surface area contributed by atoms with Crippen LogP contribution >= 0.6 is 22.6 Å². The van der Waals surface area contributed by atoms with E-state index in [9.17, 15) is 4.79 Å². The molecule has 0 atom stereocenters. The molecular weight excluding hydrogens is 227 g/mol. The van der Waals surface area contributed by atoms with Crippen molar-refractivity contribution in [2.75, 3.05) is 0 Å². The summed E-state index contributed by atoms with van der Waals surface area (Å²) >= 11 is 2.15. The summed E-state index contributed by atoms with van der Waals surface area (Å²) in [6, 6.07) is 0. The van der Waals surface area contributed by atoms with Crippen LogP contribution in [0.5, 0.6) is 0 Å². The molecular formula is C7H9IO. The molecule has 1 nitrogen and oxygen atoms in total.